The molecule has 1 fully saturated rings. The van der Waals surface area contributed by atoms with Gasteiger partial charge in [-0.1, -0.05) is 6.92 Å². The zero-order chi connectivity index (χ0) is 15.1. The molecule has 2 aromatic rings. The molecule has 2 N–H and O–H groups in total. The van der Waals surface area contributed by atoms with Crippen LogP contribution in [0.5, 0.6) is 0 Å². The van der Waals surface area contributed by atoms with E-state index in [0.29, 0.717) is 11.9 Å². The van der Waals surface area contributed by atoms with Crippen LogP contribution in [0.1, 0.15) is 49.3 Å². The smallest absolute Gasteiger partial charge is 0.146 e. The van der Waals surface area contributed by atoms with Crippen molar-refractivity contribution in [3.63, 3.8) is 0 Å². The summed E-state index contributed by atoms with van der Waals surface area (Å²) in [7, 11) is 0. The lowest BCUT2D eigenvalue weighted by molar-refractivity contribution is 0.521. The van der Waals surface area contributed by atoms with Crippen molar-refractivity contribution < 1.29 is 0 Å². The number of aromatic nitrogens is 3. The quantitative estimate of drug-likeness (QED) is 0.937. The predicted octanol–water partition coefficient (Wildman–Crippen LogP) is 3.79. The van der Waals surface area contributed by atoms with Gasteiger partial charge in [0.2, 0.25) is 0 Å². The van der Waals surface area contributed by atoms with Crippen LogP contribution in [0.25, 0.3) is 11.0 Å². The molecule has 1 aliphatic rings. The summed E-state index contributed by atoms with van der Waals surface area (Å²) in [6.07, 6.45) is 3.79. The number of nitrogens with two attached hydrogens (primary N) is 1. The van der Waals surface area contributed by atoms with Crippen LogP contribution in [-0.4, -0.2) is 25.5 Å². The second-order valence-electron chi connectivity index (χ2n) is 5.98. The lowest BCUT2D eigenvalue weighted by atomic mass is 10.2. The first kappa shape index (κ1) is 14.7. The van der Waals surface area contributed by atoms with Crippen molar-refractivity contribution in [1.82, 2.24) is 14.5 Å². The molecule has 0 spiro atoms. The van der Waals surface area contributed by atoms with Crippen LogP contribution in [0, 0.1) is 20.8 Å². The van der Waals surface area contributed by atoms with Crippen LogP contribution in [0.4, 0.5) is 5.82 Å². The molecule has 2 unspecified atom stereocenters. The maximum Gasteiger partial charge on any atom is 0.146 e. The summed E-state index contributed by atoms with van der Waals surface area (Å²) in [4.78, 5) is 9.04. The Balaban J connectivity index is 2.09. The van der Waals surface area contributed by atoms with E-state index in [0.717, 1.165) is 22.1 Å². The molecular formula is C16H24N4S. The maximum atomic E-state index is 6.15. The van der Waals surface area contributed by atoms with E-state index in [4.69, 9.17) is 10.7 Å². The third-order valence-electron chi connectivity index (χ3n) is 4.66. The van der Waals surface area contributed by atoms with Crippen LogP contribution in [0.15, 0.2) is 0 Å². The summed E-state index contributed by atoms with van der Waals surface area (Å²) in [5.41, 5.74) is 9.70. The normalized spacial score (nSPS) is 22.3. The first-order chi connectivity index (χ1) is 10.0. The molecule has 0 saturated heterocycles. The molecule has 2 aromatic heterocycles. The molecule has 114 valence electrons. The van der Waals surface area contributed by atoms with E-state index >= 15 is 0 Å². The van der Waals surface area contributed by atoms with E-state index in [1.165, 1.54) is 36.3 Å². The minimum absolute atomic E-state index is 0.555. The van der Waals surface area contributed by atoms with Gasteiger partial charge in [0.25, 0.3) is 0 Å². The van der Waals surface area contributed by atoms with Gasteiger partial charge in [-0.25, -0.2) is 9.97 Å². The Labute approximate surface area is 130 Å². The van der Waals surface area contributed by atoms with Gasteiger partial charge in [-0.05, 0) is 51.3 Å². The molecule has 3 rings (SSSR count). The number of rotatable bonds is 3. The Morgan fingerprint density at radius 1 is 1.24 bits per heavy atom. The predicted molar refractivity (Wildman–Crippen MR) is 91.0 cm³/mol. The molecule has 21 heavy (non-hydrogen) atoms. The number of thioether (sulfide) groups is 1. The largest absolute Gasteiger partial charge is 0.383 e. The van der Waals surface area contributed by atoms with Crippen LogP contribution >= 0.6 is 11.8 Å². The molecule has 0 bridgehead atoms. The fourth-order valence-corrected chi connectivity index (χ4v) is 4.75. The summed E-state index contributed by atoms with van der Waals surface area (Å²) in [5.74, 6) is 2.58. The Morgan fingerprint density at radius 3 is 2.71 bits per heavy atom. The maximum absolute atomic E-state index is 6.15. The molecule has 0 radical (unpaired) electrons. The van der Waals surface area contributed by atoms with E-state index in [9.17, 15) is 0 Å². The summed E-state index contributed by atoms with van der Waals surface area (Å²) >= 11 is 2.09. The standard InChI is InChI=1S/C16H24N4S/c1-5-21-13-7-6-12(8-13)20-10(3)9(2)14-15(17)18-11(4)19-16(14)20/h12-13H,5-8H2,1-4H3,(H2,17,18,19). The molecule has 1 aliphatic carbocycles. The number of hydrogen-bond acceptors (Lipinski definition) is 4. The van der Waals surface area contributed by atoms with Crippen LogP contribution in [0.3, 0.4) is 0 Å². The highest BCUT2D eigenvalue weighted by molar-refractivity contribution is 7.99. The molecule has 1 saturated carbocycles. The minimum Gasteiger partial charge on any atom is -0.383 e. The average molecular weight is 304 g/mol. The van der Waals surface area contributed by atoms with E-state index in [1.54, 1.807) is 0 Å². The van der Waals surface area contributed by atoms with Gasteiger partial charge in [0.15, 0.2) is 0 Å². The van der Waals surface area contributed by atoms with E-state index in [1.807, 2.05) is 6.92 Å². The molecule has 0 amide bonds. The SMILES string of the molecule is CCSC1CCC(n2c(C)c(C)c3c(N)nc(C)nc32)C1. The Morgan fingerprint density at radius 2 is 2.00 bits per heavy atom. The van der Waals surface area contributed by atoms with Gasteiger partial charge in [-0.2, -0.15) is 11.8 Å². The highest BCUT2D eigenvalue weighted by Crippen LogP contribution is 2.41. The number of aryl methyl sites for hydroxylation is 2. The average Bonchev–Trinajstić information content (AvgIpc) is 2.95. The van der Waals surface area contributed by atoms with Gasteiger partial charge in [0.1, 0.15) is 17.3 Å². The molecular weight excluding hydrogens is 280 g/mol. The minimum atomic E-state index is 0.555. The summed E-state index contributed by atoms with van der Waals surface area (Å²) < 4.78 is 2.42. The number of anilines is 1. The highest BCUT2D eigenvalue weighted by atomic mass is 32.2. The highest BCUT2D eigenvalue weighted by Gasteiger charge is 2.29. The van der Waals surface area contributed by atoms with Crippen molar-refractivity contribution >= 4 is 28.6 Å². The first-order valence-corrected chi connectivity index (χ1v) is 8.80. The first-order valence-electron chi connectivity index (χ1n) is 7.75. The fraction of sp³-hybridized carbons (Fsp3) is 0.625. The van der Waals surface area contributed by atoms with Crippen molar-refractivity contribution in [3.05, 3.63) is 17.1 Å². The van der Waals surface area contributed by atoms with Crippen molar-refractivity contribution in [2.45, 2.75) is 58.2 Å². The van der Waals surface area contributed by atoms with Gasteiger partial charge in [-0.3, -0.25) is 0 Å². The zero-order valence-corrected chi connectivity index (χ0v) is 14.1. The van der Waals surface area contributed by atoms with Gasteiger partial charge in [0, 0.05) is 17.0 Å². The Hall–Kier alpha value is -1.23. The lowest BCUT2D eigenvalue weighted by Gasteiger charge is -2.16. The molecule has 0 aromatic carbocycles. The fourth-order valence-electron chi connectivity index (χ4n) is 3.62. The molecule has 4 nitrogen and oxygen atoms in total. The van der Waals surface area contributed by atoms with Crippen molar-refractivity contribution in [3.8, 4) is 0 Å². The van der Waals surface area contributed by atoms with Crippen LogP contribution in [0.2, 0.25) is 0 Å². The zero-order valence-electron chi connectivity index (χ0n) is 13.3. The monoisotopic (exact) mass is 304 g/mol. The molecule has 0 aliphatic heterocycles. The summed E-state index contributed by atoms with van der Waals surface area (Å²) in [5, 5.41) is 1.84. The number of hydrogen-bond donors (Lipinski definition) is 1. The van der Waals surface area contributed by atoms with Crippen molar-refractivity contribution in [2.75, 3.05) is 11.5 Å². The third-order valence-corrected chi connectivity index (χ3v) is 5.89. The number of nitrogens with zero attached hydrogens (tertiary/aromatic N) is 3. The number of nitrogen functional groups attached to an aromatic ring is 1. The van der Waals surface area contributed by atoms with Crippen LogP contribution < -0.4 is 5.73 Å². The lowest BCUT2D eigenvalue weighted by Crippen LogP contribution is -2.09. The van der Waals surface area contributed by atoms with Gasteiger partial charge < -0.3 is 10.3 Å². The van der Waals surface area contributed by atoms with E-state index < -0.39 is 0 Å². The van der Waals surface area contributed by atoms with Gasteiger partial charge in [0.05, 0.1) is 5.39 Å². The summed E-state index contributed by atoms with van der Waals surface area (Å²) in [6.45, 7) is 8.49. The molecule has 2 heterocycles. The van der Waals surface area contributed by atoms with Gasteiger partial charge >= 0.3 is 0 Å². The number of fused-ring (bicyclic) bond motifs is 1. The Kier molecular flexibility index (Phi) is 3.86. The molecule has 2 atom stereocenters. The van der Waals surface area contributed by atoms with Crippen molar-refractivity contribution in [2.24, 2.45) is 0 Å². The van der Waals surface area contributed by atoms with Gasteiger partial charge in [-0.15, -0.1) is 0 Å². The topological polar surface area (TPSA) is 56.7 Å². The van der Waals surface area contributed by atoms with E-state index in [2.05, 4.69) is 42.1 Å². The molecule has 5 heteroatoms. The summed E-state index contributed by atoms with van der Waals surface area (Å²) in [6, 6.07) is 0.555. The van der Waals surface area contributed by atoms with Crippen LogP contribution in [-0.2, 0) is 0 Å². The van der Waals surface area contributed by atoms with Crippen molar-refractivity contribution in [1.29, 1.82) is 0 Å². The second kappa shape index (κ2) is 5.52. The third kappa shape index (κ3) is 2.41. The van der Waals surface area contributed by atoms with E-state index in [-0.39, 0.29) is 0 Å². The Bertz CT molecular complexity index is 677. The second-order valence-corrected chi connectivity index (χ2v) is 7.56.